The summed E-state index contributed by atoms with van der Waals surface area (Å²) < 4.78 is 6.59. The molecule has 0 fully saturated rings. The second kappa shape index (κ2) is 7.95. The number of phenolic OH excluding ortho intramolecular Hbond substituents is 1. The average Bonchev–Trinajstić information content (AvgIpc) is 2.51. The van der Waals surface area contributed by atoms with E-state index < -0.39 is 0 Å². The van der Waals surface area contributed by atoms with E-state index in [4.69, 9.17) is 4.74 Å². The Morgan fingerprint density at radius 2 is 1.95 bits per heavy atom. The zero-order chi connectivity index (χ0) is 15.9. The first-order chi connectivity index (χ1) is 10.6. The third kappa shape index (κ3) is 4.85. The highest BCUT2D eigenvalue weighted by Gasteiger charge is 2.04. The molecular formula is C15H12Br2N2O3. The fourth-order valence-electron chi connectivity index (χ4n) is 1.52. The molecule has 0 unspecified atom stereocenters. The fourth-order valence-corrected chi connectivity index (χ4v) is 2.62. The molecule has 0 saturated carbocycles. The van der Waals surface area contributed by atoms with Crippen LogP contribution in [-0.4, -0.2) is 23.8 Å². The Hall–Kier alpha value is -1.86. The van der Waals surface area contributed by atoms with Crippen LogP contribution in [0.3, 0.4) is 0 Å². The van der Waals surface area contributed by atoms with Crippen molar-refractivity contribution >= 4 is 44.0 Å². The zero-order valence-corrected chi connectivity index (χ0v) is 14.5. The normalized spacial score (nSPS) is 10.6. The van der Waals surface area contributed by atoms with Gasteiger partial charge in [-0.2, -0.15) is 5.10 Å². The molecule has 1 amide bonds. The summed E-state index contributed by atoms with van der Waals surface area (Å²) in [5, 5.41) is 13.4. The lowest BCUT2D eigenvalue weighted by atomic mass is 10.2. The van der Waals surface area contributed by atoms with E-state index in [1.807, 2.05) is 18.2 Å². The number of nitrogens with zero attached hydrogens (tertiary/aromatic N) is 1. The molecule has 5 nitrogen and oxygen atoms in total. The van der Waals surface area contributed by atoms with Gasteiger partial charge in [0.1, 0.15) is 11.5 Å². The number of hydrogen-bond donors (Lipinski definition) is 2. The van der Waals surface area contributed by atoms with Crippen LogP contribution in [0.5, 0.6) is 11.5 Å². The van der Waals surface area contributed by atoms with Crippen LogP contribution in [0, 0.1) is 0 Å². The predicted molar refractivity (Wildman–Crippen MR) is 91.2 cm³/mol. The zero-order valence-electron chi connectivity index (χ0n) is 11.3. The average molecular weight is 428 g/mol. The molecule has 0 aliphatic carbocycles. The van der Waals surface area contributed by atoms with E-state index in [0.29, 0.717) is 15.8 Å². The van der Waals surface area contributed by atoms with E-state index in [1.54, 1.807) is 18.2 Å². The second-order valence-electron chi connectivity index (χ2n) is 4.22. The maximum atomic E-state index is 11.6. The standard InChI is InChI=1S/C15H12Br2N2O3/c16-12-7-13(17)14(20)6-10(12)8-18-19-15(21)9-22-11-4-2-1-3-5-11/h1-8,20H,9H2,(H,19,21)/b18-8-. The molecular weight excluding hydrogens is 416 g/mol. The number of halogens is 2. The maximum Gasteiger partial charge on any atom is 0.277 e. The molecule has 0 heterocycles. The minimum Gasteiger partial charge on any atom is -0.507 e. The number of ether oxygens (including phenoxy) is 1. The quantitative estimate of drug-likeness (QED) is 0.567. The number of benzene rings is 2. The minimum absolute atomic E-state index is 0.0865. The maximum absolute atomic E-state index is 11.6. The van der Waals surface area contributed by atoms with Gasteiger partial charge in [-0.25, -0.2) is 5.43 Å². The summed E-state index contributed by atoms with van der Waals surface area (Å²) in [6.45, 7) is -0.131. The predicted octanol–water partition coefficient (Wildman–Crippen LogP) is 3.45. The molecule has 7 heteroatoms. The van der Waals surface area contributed by atoms with Gasteiger partial charge in [0, 0.05) is 10.0 Å². The van der Waals surface area contributed by atoms with E-state index in [1.165, 1.54) is 12.3 Å². The Morgan fingerprint density at radius 1 is 1.23 bits per heavy atom. The van der Waals surface area contributed by atoms with Crippen LogP contribution in [0.25, 0.3) is 0 Å². The van der Waals surface area contributed by atoms with Crippen molar-refractivity contribution in [1.29, 1.82) is 0 Å². The highest BCUT2D eigenvalue weighted by molar-refractivity contribution is 9.11. The van der Waals surface area contributed by atoms with Gasteiger partial charge in [-0.15, -0.1) is 0 Å². The topological polar surface area (TPSA) is 70.9 Å². The first-order valence-corrected chi connectivity index (χ1v) is 7.82. The molecule has 22 heavy (non-hydrogen) atoms. The number of hydrazone groups is 1. The monoisotopic (exact) mass is 426 g/mol. The van der Waals surface area contributed by atoms with Crippen molar-refractivity contribution in [3.05, 3.63) is 57.0 Å². The summed E-state index contributed by atoms with van der Waals surface area (Å²) in [5.74, 6) is 0.322. The summed E-state index contributed by atoms with van der Waals surface area (Å²) in [6.07, 6.45) is 1.43. The van der Waals surface area contributed by atoms with Gasteiger partial charge in [0.25, 0.3) is 5.91 Å². The molecule has 0 spiro atoms. The number of phenols is 1. The third-order valence-corrected chi connectivity index (χ3v) is 3.89. The lowest BCUT2D eigenvalue weighted by Crippen LogP contribution is -2.24. The Kier molecular flexibility index (Phi) is 5.97. The minimum atomic E-state index is -0.377. The van der Waals surface area contributed by atoms with Gasteiger partial charge >= 0.3 is 0 Å². The second-order valence-corrected chi connectivity index (χ2v) is 5.93. The van der Waals surface area contributed by atoms with E-state index in [-0.39, 0.29) is 18.3 Å². The first kappa shape index (κ1) is 16.5. The number of rotatable bonds is 5. The first-order valence-electron chi connectivity index (χ1n) is 6.24. The van der Waals surface area contributed by atoms with E-state index in [2.05, 4.69) is 42.4 Å². The van der Waals surface area contributed by atoms with Crippen LogP contribution in [-0.2, 0) is 4.79 Å². The van der Waals surface area contributed by atoms with Crippen molar-refractivity contribution < 1.29 is 14.6 Å². The summed E-state index contributed by atoms with van der Waals surface area (Å²) in [7, 11) is 0. The van der Waals surface area contributed by atoms with Crippen molar-refractivity contribution in [3.63, 3.8) is 0 Å². The van der Waals surface area contributed by atoms with Crippen LogP contribution in [0.15, 0.2) is 56.5 Å². The summed E-state index contributed by atoms with van der Waals surface area (Å²) >= 11 is 6.54. The molecule has 0 bridgehead atoms. The number of amides is 1. The van der Waals surface area contributed by atoms with Gasteiger partial charge in [0.2, 0.25) is 0 Å². The molecule has 2 N–H and O–H groups in total. The van der Waals surface area contributed by atoms with Gasteiger partial charge in [-0.05, 0) is 40.2 Å². The number of para-hydroxylation sites is 1. The van der Waals surface area contributed by atoms with Gasteiger partial charge in [-0.3, -0.25) is 4.79 Å². The van der Waals surface area contributed by atoms with Crippen LogP contribution in [0.4, 0.5) is 0 Å². The summed E-state index contributed by atoms with van der Waals surface area (Å²) in [6, 6.07) is 12.2. The number of hydrogen-bond acceptors (Lipinski definition) is 4. The van der Waals surface area contributed by atoms with Gasteiger partial charge in [-0.1, -0.05) is 34.1 Å². The Balaban J connectivity index is 1.87. The van der Waals surface area contributed by atoms with Crippen molar-refractivity contribution in [1.82, 2.24) is 5.43 Å². The highest BCUT2D eigenvalue weighted by atomic mass is 79.9. The molecule has 0 aliphatic rings. The lowest BCUT2D eigenvalue weighted by Gasteiger charge is -2.04. The molecule has 0 aromatic heterocycles. The van der Waals surface area contributed by atoms with E-state index in [9.17, 15) is 9.90 Å². The van der Waals surface area contributed by atoms with Crippen LogP contribution in [0.1, 0.15) is 5.56 Å². The molecule has 0 radical (unpaired) electrons. The lowest BCUT2D eigenvalue weighted by molar-refractivity contribution is -0.123. The van der Waals surface area contributed by atoms with Crippen molar-refractivity contribution in [3.8, 4) is 11.5 Å². The van der Waals surface area contributed by atoms with Crippen molar-refractivity contribution in [2.75, 3.05) is 6.61 Å². The Labute approximate surface area is 144 Å². The van der Waals surface area contributed by atoms with Crippen LogP contribution >= 0.6 is 31.9 Å². The number of carbonyl (C=O) groups is 1. The van der Waals surface area contributed by atoms with Crippen molar-refractivity contribution in [2.24, 2.45) is 5.10 Å². The molecule has 114 valence electrons. The third-order valence-electron chi connectivity index (χ3n) is 2.57. The number of carbonyl (C=O) groups excluding carboxylic acids is 1. The SMILES string of the molecule is O=C(COc1ccccc1)N/N=C\c1cc(O)c(Br)cc1Br. The highest BCUT2D eigenvalue weighted by Crippen LogP contribution is 2.29. The van der Waals surface area contributed by atoms with Gasteiger partial charge in [0.15, 0.2) is 6.61 Å². The van der Waals surface area contributed by atoms with Gasteiger partial charge < -0.3 is 9.84 Å². The van der Waals surface area contributed by atoms with Gasteiger partial charge in [0.05, 0.1) is 10.7 Å². The Bertz CT molecular complexity index is 691. The Morgan fingerprint density at radius 3 is 2.68 bits per heavy atom. The summed E-state index contributed by atoms with van der Waals surface area (Å²) in [4.78, 5) is 11.6. The van der Waals surface area contributed by atoms with E-state index in [0.717, 1.165) is 4.47 Å². The molecule has 0 atom stereocenters. The number of aromatic hydroxyl groups is 1. The van der Waals surface area contributed by atoms with Crippen molar-refractivity contribution in [2.45, 2.75) is 0 Å². The molecule has 0 aliphatic heterocycles. The van der Waals surface area contributed by atoms with E-state index >= 15 is 0 Å². The molecule has 2 aromatic rings. The largest absolute Gasteiger partial charge is 0.507 e. The molecule has 2 aromatic carbocycles. The summed E-state index contributed by atoms with van der Waals surface area (Å²) in [5.41, 5.74) is 2.98. The number of nitrogens with one attached hydrogen (secondary N) is 1. The molecule has 2 rings (SSSR count). The van der Waals surface area contributed by atoms with Crippen LogP contribution in [0.2, 0.25) is 0 Å². The van der Waals surface area contributed by atoms with Crippen LogP contribution < -0.4 is 10.2 Å². The molecule has 0 saturated heterocycles. The fraction of sp³-hybridized carbons (Fsp3) is 0.0667. The smallest absolute Gasteiger partial charge is 0.277 e.